The van der Waals surface area contributed by atoms with Gasteiger partial charge in [0.05, 0.1) is 0 Å². The van der Waals surface area contributed by atoms with Crippen molar-refractivity contribution in [3.8, 4) is 0 Å². The van der Waals surface area contributed by atoms with Crippen molar-refractivity contribution in [2.75, 3.05) is 0 Å². The van der Waals surface area contributed by atoms with E-state index in [1.54, 1.807) is 18.2 Å². The number of carbonyl (C=O) groups excluding carboxylic acids is 1. The van der Waals surface area contributed by atoms with Gasteiger partial charge in [-0.05, 0) is 12.1 Å². The first-order valence-corrected chi connectivity index (χ1v) is 3.70. The standard InChI is InChI=1S/C8H8F2N2O2/c9-8(10)14-12(11)7(13)6-4-2-1-3-5-6/h1-5,8H,11H2. The van der Waals surface area contributed by atoms with E-state index in [1.807, 2.05) is 0 Å². The number of benzene rings is 1. The summed E-state index contributed by atoms with van der Waals surface area (Å²) in [6.07, 6.45) is 0. The number of hydrazine groups is 1. The number of hydrogen-bond acceptors (Lipinski definition) is 3. The van der Waals surface area contributed by atoms with Crippen molar-refractivity contribution in [3.05, 3.63) is 35.9 Å². The van der Waals surface area contributed by atoms with E-state index < -0.39 is 12.5 Å². The Balaban J connectivity index is 2.66. The topological polar surface area (TPSA) is 55.6 Å². The van der Waals surface area contributed by atoms with Gasteiger partial charge in [-0.25, -0.2) is 5.84 Å². The monoisotopic (exact) mass is 202 g/mol. The highest BCUT2D eigenvalue weighted by molar-refractivity contribution is 5.93. The minimum Gasteiger partial charge on any atom is -0.265 e. The van der Waals surface area contributed by atoms with Gasteiger partial charge in [0.1, 0.15) is 0 Å². The average Bonchev–Trinajstić information content (AvgIpc) is 2.17. The van der Waals surface area contributed by atoms with E-state index in [0.29, 0.717) is 0 Å². The third-order valence-electron chi connectivity index (χ3n) is 1.41. The van der Waals surface area contributed by atoms with Crippen LogP contribution in [-0.2, 0) is 4.84 Å². The zero-order valence-electron chi connectivity index (χ0n) is 7.06. The number of nitrogens with two attached hydrogens (primary N) is 1. The summed E-state index contributed by atoms with van der Waals surface area (Å²) >= 11 is 0. The predicted octanol–water partition coefficient (Wildman–Crippen LogP) is 1.16. The third kappa shape index (κ3) is 2.75. The Bertz CT molecular complexity index is 305. The summed E-state index contributed by atoms with van der Waals surface area (Å²) in [7, 11) is 0. The molecule has 2 N–H and O–H groups in total. The van der Waals surface area contributed by atoms with E-state index in [9.17, 15) is 13.6 Å². The molecule has 1 amide bonds. The van der Waals surface area contributed by atoms with Gasteiger partial charge in [-0.1, -0.05) is 18.2 Å². The Labute approximate surface area is 78.8 Å². The van der Waals surface area contributed by atoms with Gasteiger partial charge in [-0.3, -0.25) is 4.79 Å². The molecule has 0 atom stereocenters. The van der Waals surface area contributed by atoms with Gasteiger partial charge in [0.25, 0.3) is 5.91 Å². The quantitative estimate of drug-likeness (QED) is 0.454. The first-order valence-electron chi connectivity index (χ1n) is 3.70. The van der Waals surface area contributed by atoms with Crippen molar-refractivity contribution in [2.45, 2.75) is 6.61 Å². The van der Waals surface area contributed by atoms with Gasteiger partial charge < -0.3 is 0 Å². The lowest BCUT2D eigenvalue weighted by Gasteiger charge is -2.14. The Morgan fingerprint density at radius 3 is 2.43 bits per heavy atom. The molecule has 0 bridgehead atoms. The smallest absolute Gasteiger partial charge is 0.265 e. The van der Waals surface area contributed by atoms with Crippen LogP contribution in [0.15, 0.2) is 30.3 Å². The lowest BCUT2D eigenvalue weighted by atomic mass is 10.2. The second-order valence-corrected chi connectivity index (χ2v) is 2.36. The molecule has 14 heavy (non-hydrogen) atoms. The van der Waals surface area contributed by atoms with Crippen LogP contribution < -0.4 is 5.84 Å². The summed E-state index contributed by atoms with van der Waals surface area (Å²) in [6.45, 7) is -3.12. The third-order valence-corrected chi connectivity index (χ3v) is 1.41. The summed E-state index contributed by atoms with van der Waals surface area (Å²) in [6, 6.07) is 7.74. The van der Waals surface area contributed by atoms with Crippen molar-refractivity contribution in [2.24, 2.45) is 5.84 Å². The SMILES string of the molecule is NN(OC(F)F)C(=O)c1ccccc1. The molecule has 6 heteroatoms. The largest absolute Gasteiger partial charge is 0.366 e. The molecule has 0 saturated heterocycles. The van der Waals surface area contributed by atoms with Crippen molar-refractivity contribution in [1.29, 1.82) is 0 Å². The van der Waals surface area contributed by atoms with E-state index in [1.165, 1.54) is 12.1 Å². The van der Waals surface area contributed by atoms with E-state index in [4.69, 9.17) is 5.84 Å². The maximum absolute atomic E-state index is 11.7. The predicted molar refractivity (Wildman–Crippen MR) is 43.9 cm³/mol. The molecule has 0 heterocycles. The number of hydroxylamine groups is 1. The number of alkyl halides is 2. The van der Waals surface area contributed by atoms with Crippen molar-refractivity contribution < 1.29 is 18.4 Å². The van der Waals surface area contributed by atoms with Crippen LogP contribution in [0.2, 0.25) is 0 Å². The van der Waals surface area contributed by atoms with Gasteiger partial charge in [0, 0.05) is 5.56 Å². The normalized spacial score (nSPS) is 10.3. The molecule has 0 aromatic heterocycles. The van der Waals surface area contributed by atoms with Crippen LogP contribution in [0.5, 0.6) is 0 Å². The minimum atomic E-state index is -3.12. The molecule has 0 spiro atoms. The molecule has 4 nitrogen and oxygen atoms in total. The molecular formula is C8H8F2N2O2. The summed E-state index contributed by atoms with van der Waals surface area (Å²) in [4.78, 5) is 14.9. The Hall–Kier alpha value is -1.53. The fraction of sp³-hybridized carbons (Fsp3) is 0.125. The van der Waals surface area contributed by atoms with Crippen molar-refractivity contribution in [3.63, 3.8) is 0 Å². The molecule has 76 valence electrons. The van der Waals surface area contributed by atoms with Gasteiger partial charge in [0.2, 0.25) is 0 Å². The molecule has 0 saturated carbocycles. The highest BCUT2D eigenvalue weighted by Gasteiger charge is 2.16. The van der Waals surface area contributed by atoms with Crippen LogP contribution in [0.1, 0.15) is 10.4 Å². The van der Waals surface area contributed by atoms with E-state index in [2.05, 4.69) is 4.84 Å². The Morgan fingerprint density at radius 1 is 1.36 bits per heavy atom. The van der Waals surface area contributed by atoms with Crippen LogP contribution in [0, 0.1) is 0 Å². The molecule has 1 aromatic rings. The molecule has 0 fully saturated rings. The molecular weight excluding hydrogens is 194 g/mol. The van der Waals surface area contributed by atoms with E-state index in [-0.39, 0.29) is 10.7 Å². The first kappa shape index (κ1) is 10.6. The first-order chi connectivity index (χ1) is 6.61. The lowest BCUT2D eigenvalue weighted by molar-refractivity contribution is -0.259. The maximum Gasteiger partial charge on any atom is 0.366 e. The molecule has 0 aliphatic carbocycles. The second kappa shape index (κ2) is 4.64. The van der Waals surface area contributed by atoms with Gasteiger partial charge in [0.15, 0.2) is 0 Å². The van der Waals surface area contributed by atoms with E-state index >= 15 is 0 Å². The Kier molecular flexibility index (Phi) is 3.49. The van der Waals surface area contributed by atoms with Crippen LogP contribution in [0.25, 0.3) is 0 Å². The van der Waals surface area contributed by atoms with Crippen LogP contribution >= 0.6 is 0 Å². The number of rotatable bonds is 3. The molecule has 0 radical (unpaired) electrons. The molecule has 1 aromatic carbocycles. The van der Waals surface area contributed by atoms with E-state index in [0.717, 1.165) is 0 Å². The van der Waals surface area contributed by atoms with Gasteiger partial charge >= 0.3 is 6.61 Å². The number of halogens is 2. The van der Waals surface area contributed by atoms with Gasteiger partial charge in [-0.15, -0.1) is 5.17 Å². The second-order valence-electron chi connectivity index (χ2n) is 2.36. The number of nitrogens with zero attached hydrogens (tertiary/aromatic N) is 1. The summed E-state index contributed by atoms with van der Waals surface area (Å²) in [5.41, 5.74) is 0.177. The molecule has 0 unspecified atom stereocenters. The summed E-state index contributed by atoms with van der Waals surface area (Å²) in [5.74, 6) is 4.10. The van der Waals surface area contributed by atoms with Crippen LogP contribution in [-0.4, -0.2) is 17.7 Å². The number of hydrogen-bond donors (Lipinski definition) is 1. The number of amides is 1. The van der Waals surface area contributed by atoms with Crippen molar-refractivity contribution in [1.82, 2.24) is 5.17 Å². The van der Waals surface area contributed by atoms with Crippen molar-refractivity contribution >= 4 is 5.91 Å². The maximum atomic E-state index is 11.7. The fourth-order valence-corrected chi connectivity index (χ4v) is 0.842. The number of carbonyl (C=O) groups is 1. The van der Waals surface area contributed by atoms with Crippen LogP contribution in [0.4, 0.5) is 8.78 Å². The molecule has 0 aliphatic heterocycles. The Morgan fingerprint density at radius 2 is 1.93 bits per heavy atom. The molecule has 1 rings (SSSR count). The zero-order chi connectivity index (χ0) is 10.6. The highest BCUT2D eigenvalue weighted by atomic mass is 19.3. The lowest BCUT2D eigenvalue weighted by Crippen LogP contribution is -2.38. The van der Waals surface area contributed by atoms with Gasteiger partial charge in [-0.2, -0.15) is 13.6 Å². The fourth-order valence-electron chi connectivity index (χ4n) is 0.842. The zero-order valence-corrected chi connectivity index (χ0v) is 7.06. The minimum absolute atomic E-state index is 0.0139. The molecule has 0 aliphatic rings. The summed E-state index contributed by atoms with van der Waals surface area (Å²) in [5, 5.41) is 0.0139. The highest BCUT2D eigenvalue weighted by Crippen LogP contribution is 2.04. The average molecular weight is 202 g/mol. The summed E-state index contributed by atoms with van der Waals surface area (Å²) < 4.78 is 23.3. The van der Waals surface area contributed by atoms with Crippen LogP contribution in [0.3, 0.4) is 0 Å².